The number of hydrogen-bond donors (Lipinski definition) is 1. The Hall–Kier alpha value is -2.87. The number of amides is 1. The zero-order valence-corrected chi connectivity index (χ0v) is 17.0. The number of sulfonamides is 1. The van der Waals surface area contributed by atoms with Crippen molar-refractivity contribution in [3.63, 3.8) is 0 Å². The smallest absolute Gasteiger partial charge is 0.338 e. The van der Waals surface area contributed by atoms with E-state index in [1.54, 1.807) is 69.3 Å². The van der Waals surface area contributed by atoms with Gasteiger partial charge in [-0.25, -0.2) is 13.2 Å². The van der Waals surface area contributed by atoms with Crippen LogP contribution in [0.15, 0.2) is 48.5 Å². The normalized spacial score (nSPS) is 11.0. The summed E-state index contributed by atoms with van der Waals surface area (Å²) in [6.45, 7) is 5.69. The van der Waals surface area contributed by atoms with Gasteiger partial charge in [-0.2, -0.15) is 0 Å². The van der Waals surface area contributed by atoms with Gasteiger partial charge in [-0.15, -0.1) is 0 Å². The lowest BCUT2D eigenvalue weighted by atomic mass is 10.1. The highest BCUT2D eigenvalue weighted by Crippen LogP contribution is 2.20. The van der Waals surface area contributed by atoms with Crippen molar-refractivity contribution in [3.8, 4) is 0 Å². The number of carbonyl (C=O) groups excluding carboxylic acids is 2. The summed E-state index contributed by atoms with van der Waals surface area (Å²) in [7, 11) is -3.37. The highest BCUT2D eigenvalue weighted by atomic mass is 32.2. The summed E-state index contributed by atoms with van der Waals surface area (Å²) >= 11 is 0. The molecule has 2 rings (SSSR count). The average Bonchev–Trinajstić information content (AvgIpc) is 2.69. The molecule has 150 valence electrons. The van der Waals surface area contributed by atoms with E-state index in [0.717, 1.165) is 0 Å². The monoisotopic (exact) mass is 404 g/mol. The highest BCUT2D eigenvalue weighted by Gasteiger charge is 2.19. The van der Waals surface area contributed by atoms with E-state index in [4.69, 9.17) is 4.74 Å². The molecule has 0 aliphatic heterocycles. The number of anilines is 2. The Morgan fingerprint density at radius 2 is 1.50 bits per heavy atom. The van der Waals surface area contributed by atoms with E-state index < -0.39 is 16.0 Å². The molecule has 2 aromatic carbocycles. The number of esters is 1. The molecular weight excluding hydrogens is 380 g/mol. The van der Waals surface area contributed by atoms with Crippen molar-refractivity contribution in [3.05, 3.63) is 59.7 Å². The SMILES string of the molecule is CCOC(=O)c1ccc(NC(=O)c2ccc(N(CC)S(=O)(=O)CC)cc2)cc1. The Morgan fingerprint density at radius 3 is 2.00 bits per heavy atom. The number of rotatable bonds is 8. The van der Waals surface area contributed by atoms with Crippen LogP contribution >= 0.6 is 0 Å². The summed E-state index contributed by atoms with van der Waals surface area (Å²) in [5, 5.41) is 2.74. The minimum atomic E-state index is -3.37. The van der Waals surface area contributed by atoms with Crippen molar-refractivity contribution in [1.29, 1.82) is 0 Å². The molecular formula is C20H24N2O5S. The van der Waals surface area contributed by atoms with Crippen molar-refractivity contribution in [1.82, 2.24) is 0 Å². The quantitative estimate of drug-likeness (QED) is 0.682. The van der Waals surface area contributed by atoms with E-state index in [1.807, 2.05) is 0 Å². The second kappa shape index (κ2) is 9.36. The first-order valence-electron chi connectivity index (χ1n) is 9.01. The van der Waals surface area contributed by atoms with Crippen molar-refractivity contribution in [2.24, 2.45) is 0 Å². The maximum Gasteiger partial charge on any atom is 0.338 e. The number of benzene rings is 2. The summed E-state index contributed by atoms with van der Waals surface area (Å²) in [6.07, 6.45) is 0. The molecule has 8 heteroatoms. The third-order valence-electron chi connectivity index (χ3n) is 4.06. The Bertz CT molecular complexity index is 922. The maximum atomic E-state index is 12.4. The molecule has 0 spiro atoms. The lowest BCUT2D eigenvalue weighted by molar-refractivity contribution is 0.0526. The molecule has 0 atom stereocenters. The van der Waals surface area contributed by atoms with Crippen LogP contribution in [0.3, 0.4) is 0 Å². The van der Waals surface area contributed by atoms with Crippen LogP contribution in [0.4, 0.5) is 11.4 Å². The fourth-order valence-electron chi connectivity index (χ4n) is 2.58. The molecule has 0 fully saturated rings. The first-order valence-corrected chi connectivity index (χ1v) is 10.6. The predicted molar refractivity (Wildman–Crippen MR) is 109 cm³/mol. The van der Waals surface area contributed by atoms with Crippen molar-refractivity contribution < 1.29 is 22.7 Å². The Balaban J connectivity index is 2.10. The Kier molecular flexibility index (Phi) is 7.17. The second-order valence-corrected chi connectivity index (χ2v) is 8.05. The fraction of sp³-hybridized carbons (Fsp3) is 0.300. The zero-order chi connectivity index (χ0) is 20.7. The van der Waals surface area contributed by atoms with Crippen LogP contribution in [-0.4, -0.2) is 39.2 Å². The molecule has 2 aromatic rings. The van der Waals surface area contributed by atoms with Crippen LogP contribution in [0, 0.1) is 0 Å². The molecule has 0 saturated heterocycles. The topological polar surface area (TPSA) is 92.8 Å². The van der Waals surface area contributed by atoms with Gasteiger partial charge < -0.3 is 10.1 Å². The van der Waals surface area contributed by atoms with Gasteiger partial charge in [0.25, 0.3) is 5.91 Å². The number of ether oxygens (including phenoxy) is 1. The standard InChI is InChI=1S/C20H24N2O5S/c1-4-22(28(25,26)6-3)18-13-9-15(10-14-18)19(23)21-17-11-7-16(8-12-17)20(24)27-5-2/h7-14H,4-6H2,1-3H3,(H,21,23). The van der Waals surface area contributed by atoms with Gasteiger partial charge in [0, 0.05) is 17.8 Å². The molecule has 0 unspecified atom stereocenters. The number of nitrogens with one attached hydrogen (secondary N) is 1. The zero-order valence-electron chi connectivity index (χ0n) is 16.1. The summed E-state index contributed by atoms with van der Waals surface area (Å²) < 4.78 is 30.5. The van der Waals surface area contributed by atoms with Crippen molar-refractivity contribution in [2.45, 2.75) is 20.8 Å². The summed E-state index contributed by atoms with van der Waals surface area (Å²) in [5.74, 6) is -0.750. The number of carbonyl (C=O) groups is 2. The molecule has 0 bridgehead atoms. The maximum absolute atomic E-state index is 12.4. The van der Waals surface area contributed by atoms with Crippen molar-refractivity contribution in [2.75, 3.05) is 28.5 Å². The second-order valence-electron chi connectivity index (χ2n) is 5.86. The highest BCUT2D eigenvalue weighted by molar-refractivity contribution is 7.92. The van der Waals surface area contributed by atoms with Gasteiger partial charge >= 0.3 is 5.97 Å². The number of nitrogens with zero attached hydrogens (tertiary/aromatic N) is 1. The summed E-state index contributed by atoms with van der Waals surface area (Å²) in [4.78, 5) is 24.1. The molecule has 1 amide bonds. The van der Waals surface area contributed by atoms with Gasteiger partial charge in [-0.1, -0.05) is 0 Å². The molecule has 1 N–H and O–H groups in total. The fourth-order valence-corrected chi connectivity index (χ4v) is 3.73. The lowest BCUT2D eigenvalue weighted by Crippen LogP contribution is -2.32. The number of hydrogen-bond acceptors (Lipinski definition) is 5. The molecule has 0 heterocycles. The largest absolute Gasteiger partial charge is 0.462 e. The summed E-state index contributed by atoms with van der Waals surface area (Å²) in [5.41, 5.74) is 1.84. The van der Waals surface area contributed by atoms with Gasteiger partial charge in [0.15, 0.2) is 0 Å². The third kappa shape index (κ3) is 5.10. The predicted octanol–water partition coefficient (Wildman–Crippen LogP) is 3.29. The van der Waals surface area contributed by atoms with E-state index in [-0.39, 0.29) is 11.7 Å². The van der Waals surface area contributed by atoms with Gasteiger partial charge in [-0.05, 0) is 69.3 Å². The van der Waals surface area contributed by atoms with E-state index in [1.165, 1.54) is 4.31 Å². The molecule has 7 nitrogen and oxygen atoms in total. The van der Waals surface area contributed by atoms with E-state index in [9.17, 15) is 18.0 Å². The van der Waals surface area contributed by atoms with Crippen LogP contribution in [0.25, 0.3) is 0 Å². The molecule has 0 radical (unpaired) electrons. The minimum absolute atomic E-state index is 0.00483. The minimum Gasteiger partial charge on any atom is -0.462 e. The molecule has 28 heavy (non-hydrogen) atoms. The lowest BCUT2D eigenvalue weighted by Gasteiger charge is -2.22. The van der Waals surface area contributed by atoms with Gasteiger partial charge in [0.05, 0.1) is 23.6 Å². The average molecular weight is 404 g/mol. The van der Waals surface area contributed by atoms with Crippen LogP contribution < -0.4 is 9.62 Å². The third-order valence-corrected chi connectivity index (χ3v) is 5.93. The molecule has 0 aliphatic rings. The molecule has 0 saturated carbocycles. The molecule has 0 aromatic heterocycles. The van der Waals surface area contributed by atoms with Crippen LogP contribution in [0.5, 0.6) is 0 Å². The summed E-state index contributed by atoms with van der Waals surface area (Å²) in [6, 6.07) is 12.7. The molecule has 0 aliphatic carbocycles. The Morgan fingerprint density at radius 1 is 0.929 bits per heavy atom. The van der Waals surface area contributed by atoms with E-state index in [0.29, 0.717) is 35.7 Å². The van der Waals surface area contributed by atoms with Crippen LogP contribution in [0.1, 0.15) is 41.5 Å². The van der Waals surface area contributed by atoms with E-state index >= 15 is 0 Å². The van der Waals surface area contributed by atoms with Crippen LogP contribution in [-0.2, 0) is 14.8 Å². The Labute approximate surface area is 165 Å². The van der Waals surface area contributed by atoms with Crippen molar-refractivity contribution >= 4 is 33.3 Å². The van der Waals surface area contributed by atoms with Gasteiger partial charge in [0.2, 0.25) is 10.0 Å². The van der Waals surface area contributed by atoms with Crippen LogP contribution in [0.2, 0.25) is 0 Å². The van der Waals surface area contributed by atoms with Gasteiger partial charge in [0.1, 0.15) is 0 Å². The first kappa shape index (κ1) is 21.4. The van der Waals surface area contributed by atoms with E-state index in [2.05, 4.69) is 5.32 Å². The van der Waals surface area contributed by atoms with Gasteiger partial charge in [-0.3, -0.25) is 9.10 Å². The first-order chi connectivity index (χ1) is 13.3.